The van der Waals surface area contributed by atoms with Gasteiger partial charge in [-0.15, -0.1) is 32.8 Å². The number of rotatable bonds is 21. The van der Waals surface area contributed by atoms with Crippen LogP contribution in [0.15, 0.2) is 197 Å². The Morgan fingerprint density at radius 2 is 0.940 bits per heavy atom. The normalized spacial score (nSPS) is 17.2. The van der Waals surface area contributed by atoms with Crippen LogP contribution < -0.4 is 46.9 Å². The number of likely N-dealkylation sites (N-methyl/N-ethyl adjacent to an activating group) is 2. The summed E-state index contributed by atoms with van der Waals surface area (Å²) < 4.78 is 35.8. The van der Waals surface area contributed by atoms with E-state index in [4.69, 9.17) is 51.3 Å². The topological polar surface area (TPSA) is 452 Å². The van der Waals surface area contributed by atoms with E-state index in [1.165, 1.54) is 16.9 Å². The molecular formula is C83H89Cl2N13O19. The number of ketones is 2. The maximum Gasteiger partial charge on any atom is 0.396 e. The molecule has 5 aromatic carbocycles. The molecule has 0 saturated heterocycles. The number of fused-ring (bicyclic) bond motifs is 2. The van der Waals surface area contributed by atoms with Crippen molar-refractivity contribution in [1.82, 2.24) is 46.4 Å². The summed E-state index contributed by atoms with van der Waals surface area (Å²) in [5.74, 6) is 2.88. The fourth-order valence-corrected chi connectivity index (χ4v) is 12.8. The Morgan fingerprint density at radius 3 is 1.34 bits per heavy atom. The maximum absolute atomic E-state index is 12.8. The summed E-state index contributed by atoms with van der Waals surface area (Å²) in [4.78, 5) is 137. The Balaban J connectivity index is 0.000000161. The Labute approximate surface area is 683 Å². The smallest absolute Gasteiger partial charge is 0.396 e. The number of methoxy groups -OCH3 is 1. The van der Waals surface area contributed by atoms with Crippen molar-refractivity contribution in [2.75, 3.05) is 70.6 Å². The van der Waals surface area contributed by atoms with Crippen LogP contribution in [0, 0.1) is 0 Å². The van der Waals surface area contributed by atoms with Crippen molar-refractivity contribution in [2.24, 2.45) is 11.6 Å². The van der Waals surface area contributed by atoms with Gasteiger partial charge in [0, 0.05) is 33.6 Å². The zero-order valence-electron chi connectivity index (χ0n) is 64.7. The van der Waals surface area contributed by atoms with Crippen LogP contribution in [0.2, 0.25) is 0 Å². The largest absolute Gasteiger partial charge is 0.488 e. The van der Waals surface area contributed by atoms with E-state index in [0.29, 0.717) is 41.5 Å². The molecule has 32 nitrogen and oxygen atoms in total. The fourth-order valence-electron chi connectivity index (χ4n) is 12.8. The Kier molecular flexibility index (Phi) is 30.4. The zero-order valence-corrected chi connectivity index (χ0v) is 66.3. The van der Waals surface area contributed by atoms with Crippen molar-refractivity contribution < 1.29 is 90.4 Å². The van der Waals surface area contributed by atoms with Gasteiger partial charge in [0.1, 0.15) is 31.9 Å². The Hall–Kier alpha value is -12.5. The van der Waals surface area contributed by atoms with Gasteiger partial charge in [0.05, 0.1) is 46.8 Å². The summed E-state index contributed by atoms with van der Waals surface area (Å²) in [5.41, 5.74) is 11.1. The van der Waals surface area contributed by atoms with Crippen molar-refractivity contribution in [3.63, 3.8) is 0 Å². The summed E-state index contributed by atoms with van der Waals surface area (Å²) in [6, 6.07) is 54.1. The number of nitrogens with zero attached hydrogens (tertiary/aromatic N) is 8. The lowest BCUT2D eigenvalue weighted by Gasteiger charge is -2.18. The average molecular weight is 1640 g/mol. The van der Waals surface area contributed by atoms with Gasteiger partial charge < -0.3 is 54.0 Å². The fraction of sp³-hybridized carbons (Fsp3) is 0.337. The molecule has 5 saturated carbocycles. The summed E-state index contributed by atoms with van der Waals surface area (Å²) in [7, 11) is 4.57. The maximum atomic E-state index is 12.8. The molecule has 5 amide bonds. The van der Waals surface area contributed by atoms with Gasteiger partial charge in [-0.2, -0.15) is 0 Å². The Morgan fingerprint density at radius 1 is 0.530 bits per heavy atom. The molecule has 2 aliphatic heterocycles. The van der Waals surface area contributed by atoms with E-state index < -0.39 is 63.5 Å². The number of aromatic nitrogens is 6. The minimum atomic E-state index is -1.08. The number of hydrazine groups is 1. The molecule has 5 aliphatic carbocycles. The lowest BCUT2D eigenvalue weighted by atomic mass is 9.95. The standard InChI is InChI=1S/C21H19N5O4.C15H17NO4.C14H14N2O3.C10H12N2O.C10H10O2.C9H11N3O2.C4H5ClO3.ClH/c1-26-16-15(8-5-11-22-16)29-12-14(19(26)28)23-17(27)18-24-25-20(30-18)21(9-10-21)13-6-3-2-4-7-13;1-20-10-13(18)12(17)9-16-14(19)15(7-8-15)11-5-3-2-4-6-11;1-2-18-12(17)11-15-16-13(19-11)14(8-9-14)10-6-4-3-5-7-10;11-12-9(13)10(6-7-10)8-4-2-1-3-5-8;11-9(12)10(6-7-10)8-4-2-1-3-5-8;1-12-8-7(3-2-4-11-8)14-5-6(10)9(12)13;1-2-8-4(7)3(5)6;/h2-8,11,14H,9-10,12H2,1H3,(H,23,27);2-6H,7-10H2,1H3,(H,16,19);3-7H,2,8-9H2,1H3;1-5H,6-7,11H2,(H,12,13);1-5H,6-7H2,(H,11,12);2-4,6H,5,10H2,1H3;2H2,1H3;1H/t14-;;;;;6-;;/m0....0../s1. The quantitative estimate of drug-likeness (QED) is 0.0100. The molecule has 34 heteroatoms. The van der Waals surface area contributed by atoms with Crippen molar-refractivity contribution in [3.8, 4) is 11.5 Å². The summed E-state index contributed by atoms with van der Waals surface area (Å²) in [6.45, 7) is 3.45. The van der Waals surface area contributed by atoms with E-state index in [1.807, 2.05) is 152 Å². The minimum absolute atomic E-state index is 0. The second kappa shape index (κ2) is 40.2. The number of anilines is 2. The van der Waals surface area contributed by atoms with Crippen molar-refractivity contribution in [3.05, 3.63) is 240 Å². The lowest BCUT2D eigenvalue weighted by molar-refractivity contribution is -0.150. The second-order valence-electron chi connectivity index (χ2n) is 27.7. The van der Waals surface area contributed by atoms with Crippen LogP contribution >= 0.6 is 24.0 Å². The van der Waals surface area contributed by atoms with E-state index in [1.54, 1.807) is 64.6 Å². The number of aliphatic carboxylic acids is 1. The van der Waals surface area contributed by atoms with E-state index in [0.717, 1.165) is 92.0 Å². The average Bonchev–Trinajstić information content (AvgIpc) is 1.58. The molecule has 5 fully saturated rings. The zero-order chi connectivity index (χ0) is 83.2. The number of carbonyl (C=O) groups excluding carboxylic acids is 10. The van der Waals surface area contributed by atoms with Gasteiger partial charge in [-0.3, -0.25) is 58.4 Å². The number of hydrogen-bond acceptors (Lipinski definition) is 26. The third-order valence-corrected chi connectivity index (χ3v) is 20.2. The molecule has 2 atom stereocenters. The summed E-state index contributed by atoms with van der Waals surface area (Å²) in [5, 5.41) is 28.9. The van der Waals surface area contributed by atoms with E-state index >= 15 is 0 Å². The van der Waals surface area contributed by atoms with Crippen LogP contribution in [0.25, 0.3) is 0 Å². The predicted molar refractivity (Wildman–Crippen MR) is 425 cm³/mol. The van der Waals surface area contributed by atoms with Crippen LogP contribution in [0.5, 0.6) is 11.5 Å². The van der Waals surface area contributed by atoms with E-state index in [-0.39, 0.29) is 97.0 Å². The third kappa shape index (κ3) is 21.5. The summed E-state index contributed by atoms with van der Waals surface area (Å²) >= 11 is 4.69. The highest BCUT2D eigenvalue weighted by Crippen LogP contribution is 2.55. The predicted octanol–water partition coefficient (Wildman–Crippen LogP) is 7.66. The molecule has 0 radical (unpaired) electrons. The van der Waals surface area contributed by atoms with Crippen LogP contribution in [-0.4, -0.2) is 173 Å². The summed E-state index contributed by atoms with van der Waals surface area (Å²) in [6.07, 6.45) is 11.8. The molecule has 614 valence electrons. The first-order valence-electron chi connectivity index (χ1n) is 37.2. The number of hydrogen-bond donors (Lipinski definition) is 6. The number of nitrogens with one attached hydrogen (secondary N) is 3. The number of esters is 2. The monoisotopic (exact) mass is 1640 g/mol. The number of Topliss-reactive ketones (excluding diaryl/α,β-unsaturated/α-hetero) is 2. The van der Waals surface area contributed by atoms with Gasteiger partial charge in [-0.05, 0) is 142 Å². The minimum Gasteiger partial charge on any atom is -0.488 e. The number of carboxylic acids is 1. The van der Waals surface area contributed by atoms with Gasteiger partial charge >= 0.3 is 40.8 Å². The number of ether oxygens (including phenoxy) is 5. The SMILES string of the molecule is CCOC(=O)C(=O)Cl.CCOC(=O)c1nnc(C2(c3ccccc3)CC2)o1.CN1C(=O)[C@@H](N)COc2cccnc21.CN1C(=O)[C@@H](NC(=O)c2nnc(C3(c4ccccc4)CC3)o2)COc2cccnc21.COCC(=O)C(=O)CNC(=O)C1(c2ccccc2)CC1.Cl.NNC(=O)C1(c2ccccc2)CC1.O=C(O)C1(c2ccccc2)CC1. The molecule has 117 heavy (non-hydrogen) atoms. The number of pyridine rings is 2. The first kappa shape index (κ1) is 88.5. The van der Waals surface area contributed by atoms with Crippen LogP contribution in [0.4, 0.5) is 11.6 Å². The second-order valence-corrected chi connectivity index (χ2v) is 28.1. The van der Waals surface area contributed by atoms with Gasteiger partial charge in [0.2, 0.25) is 41.1 Å². The molecule has 0 spiro atoms. The van der Waals surface area contributed by atoms with Gasteiger partial charge in [-0.1, -0.05) is 152 Å². The van der Waals surface area contributed by atoms with Gasteiger partial charge in [-0.25, -0.2) is 25.4 Å². The van der Waals surface area contributed by atoms with Crippen molar-refractivity contribution in [1.29, 1.82) is 0 Å². The molecule has 16 rings (SSSR count). The molecule has 4 aromatic heterocycles. The first-order valence-corrected chi connectivity index (χ1v) is 37.6. The molecule has 9 aromatic rings. The Bertz CT molecular complexity index is 4950. The number of carbonyl (C=O) groups is 11. The molecule has 6 heterocycles. The van der Waals surface area contributed by atoms with Gasteiger partial charge in [0.15, 0.2) is 23.1 Å². The van der Waals surface area contributed by atoms with Crippen LogP contribution in [0.1, 0.15) is 139 Å². The molecule has 0 bridgehead atoms. The molecule has 8 N–H and O–H groups in total. The molecular weight excluding hydrogens is 1550 g/mol. The van der Waals surface area contributed by atoms with Crippen molar-refractivity contribution in [2.45, 2.75) is 117 Å². The molecule has 7 aliphatic rings. The number of carboxylic acid groups (broad SMARTS) is 1. The highest BCUT2D eigenvalue weighted by molar-refractivity contribution is 6.80. The molecule has 0 unspecified atom stereocenters. The third-order valence-electron chi connectivity index (χ3n) is 20.1. The highest BCUT2D eigenvalue weighted by atomic mass is 35.5. The van der Waals surface area contributed by atoms with Crippen LogP contribution in [0.3, 0.4) is 0 Å². The van der Waals surface area contributed by atoms with E-state index in [9.17, 15) is 52.7 Å². The first-order chi connectivity index (χ1) is 55.9. The number of nitrogens with two attached hydrogens (primary N) is 2. The van der Waals surface area contributed by atoms with E-state index in [2.05, 4.69) is 55.9 Å². The highest BCUT2D eigenvalue weighted by Gasteiger charge is 2.55. The van der Waals surface area contributed by atoms with Crippen LogP contribution in [-0.2, 0) is 84.4 Å². The number of halogens is 2. The number of benzene rings is 5. The van der Waals surface area contributed by atoms with Gasteiger partial charge in [0.25, 0.3) is 5.91 Å². The van der Waals surface area contributed by atoms with Crippen molar-refractivity contribution >= 4 is 99.9 Å². The lowest BCUT2D eigenvalue weighted by Crippen LogP contribution is -2.49. The number of amides is 5.